The van der Waals surface area contributed by atoms with Crippen molar-refractivity contribution in [1.82, 2.24) is 0 Å². The van der Waals surface area contributed by atoms with Gasteiger partial charge in [0.2, 0.25) is 0 Å². The molecule has 0 radical (unpaired) electrons. The molecule has 0 spiro atoms. The lowest BCUT2D eigenvalue weighted by Crippen LogP contribution is -2.41. The summed E-state index contributed by atoms with van der Waals surface area (Å²) in [5, 5.41) is 19.5. The van der Waals surface area contributed by atoms with Crippen LogP contribution in [0.15, 0.2) is 24.3 Å². The predicted molar refractivity (Wildman–Crippen MR) is 83.8 cm³/mol. The van der Waals surface area contributed by atoms with Crippen molar-refractivity contribution in [3.8, 4) is 0 Å². The topological polar surface area (TPSA) is 58.9 Å². The van der Waals surface area contributed by atoms with Crippen LogP contribution in [0.4, 0.5) is 0 Å². The Hall–Kier alpha value is -0.585. The van der Waals surface area contributed by atoms with Crippen LogP contribution in [-0.4, -0.2) is 40.5 Å². The first-order chi connectivity index (χ1) is 9.68. The third-order valence-electron chi connectivity index (χ3n) is 4.33. The molecule has 0 bridgehead atoms. The Kier molecular flexibility index (Phi) is 4.71. The fourth-order valence-electron chi connectivity index (χ4n) is 2.14. The van der Waals surface area contributed by atoms with E-state index in [-0.39, 0.29) is 17.1 Å². The number of benzene rings is 1. The molecule has 21 heavy (non-hydrogen) atoms. The highest BCUT2D eigenvalue weighted by atomic mass is 35.5. The fraction of sp³-hybridized carbons (Fsp3) is 0.600. The van der Waals surface area contributed by atoms with Gasteiger partial charge in [0.1, 0.15) is 6.10 Å². The van der Waals surface area contributed by atoms with Gasteiger partial charge in [-0.25, -0.2) is 0 Å². The van der Waals surface area contributed by atoms with E-state index >= 15 is 0 Å². The molecule has 2 N–H and O–H groups in total. The molecule has 1 aromatic rings. The number of aliphatic hydroxyl groups is 2. The number of alkyl halides is 1. The lowest BCUT2D eigenvalue weighted by molar-refractivity contribution is 0.00578. The zero-order valence-electron chi connectivity index (χ0n) is 12.8. The van der Waals surface area contributed by atoms with E-state index in [9.17, 15) is 10.2 Å². The highest BCUT2D eigenvalue weighted by Gasteiger charge is 2.51. The summed E-state index contributed by atoms with van der Waals surface area (Å²) in [6, 6.07) is 7.17. The predicted octanol–water partition coefficient (Wildman–Crippen LogP) is 1.62. The highest BCUT2D eigenvalue weighted by Crippen LogP contribution is 2.36. The van der Waals surface area contributed by atoms with Gasteiger partial charge in [-0.05, 0) is 38.7 Å². The molecule has 1 aromatic carbocycles. The largest absolute Gasteiger partial charge is 0.494 e. The van der Waals surface area contributed by atoms with Crippen molar-refractivity contribution in [2.75, 3.05) is 5.88 Å². The molecule has 2 atom stereocenters. The Morgan fingerprint density at radius 3 is 1.95 bits per heavy atom. The summed E-state index contributed by atoms with van der Waals surface area (Å²) in [6.07, 6.45) is -1.97. The van der Waals surface area contributed by atoms with Gasteiger partial charge in [-0.3, -0.25) is 0 Å². The quantitative estimate of drug-likeness (QED) is 0.655. The Balaban J connectivity index is 2.14. The van der Waals surface area contributed by atoms with Crippen LogP contribution in [0.3, 0.4) is 0 Å². The second-order valence-corrected chi connectivity index (χ2v) is 6.73. The SMILES string of the molecule is CC1(C)OB(c2ccc(C(O)C(O)CCl)cc2)OC1(C)C. The van der Waals surface area contributed by atoms with Crippen molar-refractivity contribution in [3.05, 3.63) is 29.8 Å². The molecule has 1 aliphatic rings. The molecule has 2 unspecified atom stereocenters. The number of aliphatic hydroxyl groups excluding tert-OH is 2. The molecule has 0 aromatic heterocycles. The first-order valence-corrected chi connectivity index (χ1v) is 7.59. The maximum absolute atomic E-state index is 9.91. The Bertz CT molecular complexity index is 473. The third kappa shape index (κ3) is 3.27. The summed E-state index contributed by atoms with van der Waals surface area (Å²) in [5.74, 6) is -0.0137. The van der Waals surface area contributed by atoms with Crippen LogP contribution >= 0.6 is 11.6 Å². The second-order valence-electron chi connectivity index (χ2n) is 6.42. The van der Waals surface area contributed by atoms with Gasteiger partial charge in [-0.15, -0.1) is 11.6 Å². The van der Waals surface area contributed by atoms with Crippen molar-refractivity contribution in [2.24, 2.45) is 0 Å². The van der Waals surface area contributed by atoms with Gasteiger partial charge in [0.15, 0.2) is 0 Å². The minimum atomic E-state index is -0.991. The summed E-state index contributed by atoms with van der Waals surface area (Å²) in [7, 11) is -0.431. The molecule has 1 aliphatic heterocycles. The molecule has 1 fully saturated rings. The maximum Gasteiger partial charge on any atom is 0.494 e. The minimum absolute atomic E-state index is 0.0137. The average Bonchev–Trinajstić information content (AvgIpc) is 2.66. The van der Waals surface area contributed by atoms with E-state index in [2.05, 4.69) is 0 Å². The van der Waals surface area contributed by atoms with Crippen LogP contribution < -0.4 is 5.46 Å². The summed E-state index contributed by atoms with van der Waals surface area (Å²) in [5.41, 5.74) is 0.725. The van der Waals surface area contributed by atoms with Crippen LogP contribution in [0.25, 0.3) is 0 Å². The van der Waals surface area contributed by atoms with Crippen molar-refractivity contribution in [3.63, 3.8) is 0 Å². The molecule has 0 amide bonds. The average molecular weight is 313 g/mol. The number of hydrogen-bond acceptors (Lipinski definition) is 4. The number of hydrogen-bond donors (Lipinski definition) is 2. The molecule has 4 nitrogen and oxygen atoms in total. The Labute approximate surface area is 131 Å². The van der Waals surface area contributed by atoms with Crippen LogP contribution in [0.1, 0.15) is 39.4 Å². The van der Waals surface area contributed by atoms with E-state index in [0.29, 0.717) is 5.56 Å². The van der Waals surface area contributed by atoms with Gasteiger partial charge in [0.25, 0.3) is 0 Å². The maximum atomic E-state index is 9.91. The Morgan fingerprint density at radius 2 is 1.52 bits per heavy atom. The van der Waals surface area contributed by atoms with Crippen molar-refractivity contribution in [1.29, 1.82) is 0 Å². The fourth-order valence-corrected chi connectivity index (χ4v) is 2.30. The monoisotopic (exact) mass is 312 g/mol. The minimum Gasteiger partial charge on any atom is -0.399 e. The number of rotatable bonds is 4. The van der Waals surface area contributed by atoms with Crippen molar-refractivity contribution in [2.45, 2.75) is 51.1 Å². The van der Waals surface area contributed by atoms with Gasteiger partial charge >= 0.3 is 7.12 Å². The third-order valence-corrected chi connectivity index (χ3v) is 4.64. The summed E-state index contributed by atoms with van der Waals surface area (Å²) in [6.45, 7) is 8.01. The standard InChI is InChI=1S/C15H22BClO4/c1-14(2)15(3,4)21-16(20-14)11-7-5-10(6-8-11)13(19)12(18)9-17/h5-8,12-13,18-19H,9H2,1-4H3. The van der Waals surface area contributed by atoms with Gasteiger partial charge in [-0.2, -0.15) is 0 Å². The molecule has 1 saturated heterocycles. The van der Waals surface area contributed by atoms with Crippen LogP contribution in [-0.2, 0) is 9.31 Å². The first kappa shape index (κ1) is 16.8. The molecular weight excluding hydrogens is 290 g/mol. The number of halogens is 1. The van der Waals surface area contributed by atoms with E-state index in [0.717, 1.165) is 5.46 Å². The van der Waals surface area contributed by atoms with Crippen molar-refractivity contribution >= 4 is 24.2 Å². The zero-order chi connectivity index (χ0) is 15.8. The molecular formula is C15H22BClO4. The van der Waals surface area contributed by atoms with E-state index in [4.69, 9.17) is 20.9 Å². The van der Waals surface area contributed by atoms with Crippen LogP contribution in [0.2, 0.25) is 0 Å². The molecule has 6 heteroatoms. The molecule has 116 valence electrons. The summed E-state index contributed by atoms with van der Waals surface area (Å²) in [4.78, 5) is 0. The molecule has 1 heterocycles. The van der Waals surface area contributed by atoms with Crippen LogP contribution in [0, 0.1) is 0 Å². The smallest absolute Gasteiger partial charge is 0.399 e. The highest BCUT2D eigenvalue weighted by molar-refractivity contribution is 6.62. The second kappa shape index (κ2) is 5.90. The molecule has 0 aliphatic carbocycles. The first-order valence-electron chi connectivity index (χ1n) is 7.05. The van der Waals surface area contributed by atoms with Crippen LogP contribution in [0.5, 0.6) is 0 Å². The lowest BCUT2D eigenvalue weighted by atomic mass is 9.78. The van der Waals surface area contributed by atoms with Crippen molar-refractivity contribution < 1.29 is 19.5 Å². The van der Waals surface area contributed by atoms with Gasteiger partial charge in [-0.1, -0.05) is 24.3 Å². The van der Waals surface area contributed by atoms with E-state index in [1.165, 1.54) is 0 Å². The van der Waals surface area contributed by atoms with Gasteiger partial charge in [0.05, 0.1) is 23.2 Å². The normalized spacial score (nSPS) is 23.1. The van der Waals surface area contributed by atoms with Gasteiger partial charge < -0.3 is 19.5 Å². The van der Waals surface area contributed by atoms with Gasteiger partial charge in [0, 0.05) is 0 Å². The molecule has 2 rings (SSSR count). The van der Waals surface area contributed by atoms with E-state index < -0.39 is 19.3 Å². The molecule has 0 saturated carbocycles. The van der Waals surface area contributed by atoms with E-state index in [1.807, 2.05) is 39.8 Å². The van der Waals surface area contributed by atoms with E-state index in [1.54, 1.807) is 12.1 Å². The zero-order valence-corrected chi connectivity index (χ0v) is 13.6. The lowest BCUT2D eigenvalue weighted by Gasteiger charge is -2.32. The summed E-state index contributed by atoms with van der Waals surface area (Å²) >= 11 is 5.54. The summed E-state index contributed by atoms with van der Waals surface area (Å²) < 4.78 is 11.9. The Morgan fingerprint density at radius 1 is 1.05 bits per heavy atom.